The van der Waals surface area contributed by atoms with Crippen molar-refractivity contribution in [1.29, 1.82) is 5.41 Å². The zero-order valence-corrected chi connectivity index (χ0v) is 22.2. The van der Waals surface area contributed by atoms with E-state index in [9.17, 15) is 9.59 Å². The molecule has 37 heavy (non-hydrogen) atoms. The topological polar surface area (TPSA) is 126 Å². The largest absolute Gasteiger partial charge is 0.497 e. The Bertz CT molecular complexity index is 1100. The number of anilines is 2. The van der Waals surface area contributed by atoms with E-state index in [-0.39, 0.29) is 18.2 Å². The lowest BCUT2D eigenvalue weighted by Gasteiger charge is -2.36. The van der Waals surface area contributed by atoms with Crippen molar-refractivity contribution in [2.75, 3.05) is 37.0 Å². The molecule has 1 aliphatic heterocycles. The third-order valence-corrected chi connectivity index (χ3v) is 5.81. The highest BCUT2D eigenvalue weighted by molar-refractivity contribution is 6.03. The smallest absolute Gasteiger partial charge is 0.407 e. The average molecular weight is 512 g/mol. The lowest BCUT2D eigenvalue weighted by atomic mass is 10.0. The Kier molecular flexibility index (Phi) is 9.32. The highest BCUT2D eigenvalue weighted by Crippen LogP contribution is 2.32. The number of methoxy groups -OCH3 is 1. The summed E-state index contributed by atoms with van der Waals surface area (Å²) < 4.78 is 15.9. The van der Waals surface area contributed by atoms with Crippen molar-refractivity contribution >= 4 is 29.8 Å². The van der Waals surface area contributed by atoms with Crippen molar-refractivity contribution in [2.45, 2.75) is 58.7 Å². The normalized spacial score (nSPS) is 15.5. The van der Waals surface area contributed by atoms with Gasteiger partial charge in [0.05, 0.1) is 25.0 Å². The number of esters is 1. The number of piperidine rings is 1. The fourth-order valence-electron chi connectivity index (χ4n) is 4.19. The van der Waals surface area contributed by atoms with Crippen LogP contribution in [0.4, 0.5) is 16.3 Å². The second-order valence-electron chi connectivity index (χ2n) is 9.78. The Hall–Kier alpha value is -3.82. The molecule has 3 rings (SSSR count). The van der Waals surface area contributed by atoms with Gasteiger partial charge >= 0.3 is 12.1 Å². The third kappa shape index (κ3) is 7.58. The molecule has 1 aromatic heterocycles. The fraction of sp³-hybridized carbons (Fsp3) is 0.481. The van der Waals surface area contributed by atoms with E-state index >= 15 is 0 Å². The molecule has 1 amide bonds. The second-order valence-corrected chi connectivity index (χ2v) is 9.78. The zero-order chi connectivity index (χ0) is 27.0. The van der Waals surface area contributed by atoms with E-state index in [1.54, 1.807) is 14.0 Å². The van der Waals surface area contributed by atoms with E-state index in [2.05, 4.69) is 15.6 Å². The zero-order valence-electron chi connectivity index (χ0n) is 22.2. The molecule has 0 radical (unpaired) electrons. The summed E-state index contributed by atoms with van der Waals surface area (Å²) in [4.78, 5) is 31.7. The van der Waals surface area contributed by atoms with Gasteiger partial charge in [0.1, 0.15) is 22.7 Å². The van der Waals surface area contributed by atoms with Crippen LogP contribution in [0.25, 0.3) is 0 Å². The lowest BCUT2D eigenvalue weighted by molar-refractivity contribution is 0.0493. The molecule has 0 unspecified atom stereocenters. The van der Waals surface area contributed by atoms with Crippen LogP contribution in [0.3, 0.4) is 0 Å². The summed E-state index contributed by atoms with van der Waals surface area (Å²) in [6.45, 7) is 9.00. The van der Waals surface area contributed by atoms with Gasteiger partial charge in [-0.25, -0.2) is 14.6 Å². The number of pyridine rings is 1. The van der Waals surface area contributed by atoms with E-state index in [1.165, 1.54) is 12.4 Å². The molecule has 0 spiro atoms. The summed E-state index contributed by atoms with van der Waals surface area (Å²) in [7, 11) is 1.62. The maximum Gasteiger partial charge on any atom is 0.407 e. The molecule has 0 aliphatic carbocycles. The van der Waals surface area contributed by atoms with E-state index in [0.29, 0.717) is 36.7 Å². The van der Waals surface area contributed by atoms with Crippen molar-refractivity contribution in [3.8, 4) is 5.75 Å². The average Bonchev–Trinajstić information content (AvgIpc) is 2.86. The van der Waals surface area contributed by atoms with Gasteiger partial charge in [0.25, 0.3) is 0 Å². The molecule has 2 aromatic rings. The number of nitrogens with zero attached hydrogens (tertiary/aromatic N) is 2. The van der Waals surface area contributed by atoms with Gasteiger partial charge in [0.15, 0.2) is 0 Å². The molecular formula is C27H37N5O5. The summed E-state index contributed by atoms with van der Waals surface area (Å²) in [5.74, 6) is 0.746. The Morgan fingerprint density at radius 2 is 1.97 bits per heavy atom. The Labute approximate surface area is 218 Å². The van der Waals surface area contributed by atoms with Gasteiger partial charge in [-0.3, -0.25) is 0 Å². The minimum absolute atomic E-state index is 0.180. The van der Waals surface area contributed by atoms with Gasteiger partial charge in [0.2, 0.25) is 0 Å². The Balaban J connectivity index is 1.88. The van der Waals surface area contributed by atoms with Crippen molar-refractivity contribution in [3.05, 3.63) is 47.2 Å². The van der Waals surface area contributed by atoms with Crippen LogP contribution in [0.2, 0.25) is 0 Å². The van der Waals surface area contributed by atoms with Crippen LogP contribution in [-0.2, 0) is 16.0 Å². The van der Waals surface area contributed by atoms with Crippen molar-refractivity contribution in [1.82, 2.24) is 10.3 Å². The fourth-order valence-corrected chi connectivity index (χ4v) is 4.19. The predicted octanol–water partition coefficient (Wildman–Crippen LogP) is 4.37. The molecule has 1 aliphatic rings. The molecule has 1 fully saturated rings. The first-order chi connectivity index (χ1) is 17.6. The number of carbonyl (C=O) groups excluding carboxylic acids is 2. The number of carbonyl (C=O) groups is 2. The van der Waals surface area contributed by atoms with Crippen LogP contribution < -0.4 is 20.3 Å². The van der Waals surface area contributed by atoms with Gasteiger partial charge in [0, 0.05) is 38.1 Å². The molecule has 2 heterocycles. The molecule has 200 valence electrons. The number of nitrogens with one attached hydrogen (secondary N) is 3. The number of rotatable bonds is 9. The van der Waals surface area contributed by atoms with Crippen LogP contribution >= 0.6 is 0 Å². The first kappa shape index (κ1) is 27.8. The summed E-state index contributed by atoms with van der Waals surface area (Å²) in [6.07, 6.45) is 3.78. The van der Waals surface area contributed by atoms with Crippen molar-refractivity contribution in [2.24, 2.45) is 0 Å². The standard InChI is InChI=1S/C27H37N5O5/c1-6-36-25(33)22-16-30-24(29-15-18-9-11-20(35-5)12-10-18)21(14-28)23(22)32-13-7-8-19(17-32)31-26(34)37-27(2,3)4/h9-12,14,16,19,28H,6-8,13,15,17H2,1-5H3,(H,29,30)(H,31,34)/t19-/m0/s1. The van der Waals surface area contributed by atoms with Crippen LogP contribution in [-0.4, -0.2) is 61.7 Å². The summed E-state index contributed by atoms with van der Waals surface area (Å²) >= 11 is 0. The number of aromatic nitrogens is 1. The van der Waals surface area contributed by atoms with E-state index in [4.69, 9.17) is 19.6 Å². The molecule has 1 saturated heterocycles. The second kappa shape index (κ2) is 12.4. The van der Waals surface area contributed by atoms with Gasteiger partial charge in [-0.1, -0.05) is 12.1 Å². The number of ether oxygens (including phenoxy) is 3. The summed E-state index contributed by atoms with van der Waals surface area (Å²) in [6, 6.07) is 7.47. The molecular weight excluding hydrogens is 474 g/mol. The van der Waals surface area contributed by atoms with Crippen LogP contribution in [0, 0.1) is 5.41 Å². The molecule has 1 aromatic carbocycles. The number of hydrogen-bond acceptors (Lipinski definition) is 9. The van der Waals surface area contributed by atoms with E-state index < -0.39 is 17.7 Å². The molecule has 10 nitrogen and oxygen atoms in total. The van der Waals surface area contributed by atoms with E-state index in [0.717, 1.165) is 24.2 Å². The molecule has 1 atom stereocenters. The lowest BCUT2D eigenvalue weighted by Crippen LogP contribution is -2.49. The SMILES string of the molecule is CCOC(=O)c1cnc(NCc2ccc(OC)cc2)c(C=N)c1N1CCC[C@H](NC(=O)OC(C)(C)C)C1. The third-order valence-electron chi connectivity index (χ3n) is 5.81. The Morgan fingerprint density at radius 3 is 2.59 bits per heavy atom. The first-order valence-corrected chi connectivity index (χ1v) is 12.5. The van der Waals surface area contributed by atoms with Crippen molar-refractivity contribution in [3.63, 3.8) is 0 Å². The number of alkyl carbamates (subject to hydrolysis) is 1. The molecule has 0 bridgehead atoms. The minimum atomic E-state index is -0.599. The Morgan fingerprint density at radius 1 is 1.24 bits per heavy atom. The molecule has 0 saturated carbocycles. The van der Waals surface area contributed by atoms with Gasteiger partial charge < -0.3 is 35.2 Å². The highest BCUT2D eigenvalue weighted by Gasteiger charge is 2.29. The maximum absolute atomic E-state index is 12.9. The minimum Gasteiger partial charge on any atom is -0.497 e. The number of benzene rings is 1. The van der Waals surface area contributed by atoms with Crippen LogP contribution in [0.5, 0.6) is 5.75 Å². The van der Waals surface area contributed by atoms with Gasteiger partial charge in [-0.05, 0) is 58.2 Å². The van der Waals surface area contributed by atoms with Crippen molar-refractivity contribution < 1.29 is 23.8 Å². The van der Waals surface area contributed by atoms with Crippen LogP contribution in [0.15, 0.2) is 30.5 Å². The quantitative estimate of drug-likeness (QED) is 0.335. The first-order valence-electron chi connectivity index (χ1n) is 12.5. The molecule has 3 N–H and O–H groups in total. The highest BCUT2D eigenvalue weighted by atomic mass is 16.6. The predicted molar refractivity (Wildman–Crippen MR) is 143 cm³/mol. The molecule has 10 heteroatoms. The van der Waals surface area contributed by atoms with E-state index in [1.807, 2.05) is 49.9 Å². The van der Waals surface area contributed by atoms with Gasteiger partial charge in [-0.15, -0.1) is 0 Å². The van der Waals surface area contributed by atoms with Crippen LogP contribution in [0.1, 0.15) is 62.0 Å². The summed E-state index contributed by atoms with van der Waals surface area (Å²) in [5.41, 5.74) is 1.74. The van der Waals surface area contributed by atoms with Gasteiger partial charge in [-0.2, -0.15) is 0 Å². The maximum atomic E-state index is 12.9. The number of hydrogen-bond donors (Lipinski definition) is 3. The monoisotopic (exact) mass is 511 g/mol. The number of amides is 1. The summed E-state index contributed by atoms with van der Waals surface area (Å²) in [5, 5.41) is 14.4.